The van der Waals surface area contributed by atoms with Gasteiger partial charge in [-0.1, -0.05) is 27.7 Å². The van der Waals surface area contributed by atoms with Crippen molar-refractivity contribution in [3.05, 3.63) is 0 Å². The monoisotopic (exact) mass is 155 g/mol. The number of nitrogens with one attached hydrogen (secondary N) is 1. The van der Waals surface area contributed by atoms with E-state index in [-0.39, 0.29) is 0 Å². The molecule has 1 atom stereocenters. The average Bonchev–Trinajstić information content (AvgIpc) is 1.86. The molecule has 0 aromatic heterocycles. The zero-order chi connectivity index (χ0) is 8.48. The second kappa shape index (κ2) is 3.14. The van der Waals surface area contributed by atoms with E-state index in [0.29, 0.717) is 5.41 Å². The minimum Gasteiger partial charge on any atom is -0.313 e. The van der Waals surface area contributed by atoms with Gasteiger partial charge in [-0.3, -0.25) is 0 Å². The summed E-state index contributed by atoms with van der Waals surface area (Å²) in [5.41, 5.74) is 0.533. The maximum Gasteiger partial charge on any atom is 0.00904 e. The fourth-order valence-corrected chi connectivity index (χ4v) is 1.71. The molecule has 66 valence electrons. The maximum atomic E-state index is 3.61. The Hall–Kier alpha value is -0.0400. The summed E-state index contributed by atoms with van der Waals surface area (Å²) in [4.78, 5) is 0. The molecular formula is C10H21N. The largest absolute Gasteiger partial charge is 0.313 e. The van der Waals surface area contributed by atoms with Gasteiger partial charge in [-0.2, -0.15) is 0 Å². The molecule has 1 aliphatic heterocycles. The van der Waals surface area contributed by atoms with Crippen LogP contribution in [-0.2, 0) is 0 Å². The molecule has 1 fully saturated rings. The lowest BCUT2D eigenvalue weighted by Gasteiger charge is -2.37. The number of hydrogen-bond donors (Lipinski definition) is 1. The van der Waals surface area contributed by atoms with E-state index in [9.17, 15) is 0 Å². The van der Waals surface area contributed by atoms with Crippen molar-refractivity contribution in [2.24, 2.45) is 11.3 Å². The third-order valence-corrected chi connectivity index (χ3v) is 2.78. The van der Waals surface area contributed by atoms with Crippen LogP contribution < -0.4 is 5.32 Å². The van der Waals surface area contributed by atoms with Crippen LogP contribution in [0.4, 0.5) is 0 Å². The van der Waals surface area contributed by atoms with Gasteiger partial charge in [0.2, 0.25) is 0 Å². The van der Waals surface area contributed by atoms with E-state index in [1.165, 1.54) is 19.4 Å². The first kappa shape index (κ1) is 9.05. The van der Waals surface area contributed by atoms with Gasteiger partial charge < -0.3 is 5.32 Å². The predicted molar refractivity (Wildman–Crippen MR) is 49.6 cm³/mol. The lowest BCUT2D eigenvalue weighted by Crippen LogP contribution is -2.45. The summed E-state index contributed by atoms with van der Waals surface area (Å²) >= 11 is 0. The first-order valence-electron chi connectivity index (χ1n) is 4.75. The van der Waals surface area contributed by atoms with Crippen molar-refractivity contribution in [1.82, 2.24) is 5.32 Å². The zero-order valence-corrected chi connectivity index (χ0v) is 8.28. The van der Waals surface area contributed by atoms with Gasteiger partial charge in [-0.15, -0.1) is 0 Å². The van der Waals surface area contributed by atoms with Crippen molar-refractivity contribution in [3.8, 4) is 0 Å². The fourth-order valence-electron chi connectivity index (χ4n) is 1.71. The first-order valence-corrected chi connectivity index (χ1v) is 4.75. The van der Waals surface area contributed by atoms with Gasteiger partial charge in [-0.05, 0) is 24.2 Å². The van der Waals surface area contributed by atoms with Crippen LogP contribution in [0.5, 0.6) is 0 Å². The summed E-state index contributed by atoms with van der Waals surface area (Å²) in [6, 6.07) is 0.767. The predicted octanol–water partition coefficient (Wildman–Crippen LogP) is 2.42. The third kappa shape index (κ3) is 2.48. The molecule has 1 nitrogen and oxygen atoms in total. The molecule has 11 heavy (non-hydrogen) atoms. The molecule has 1 heterocycles. The van der Waals surface area contributed by atoms with E-state index in [1.54, 1.807) is 0 Å². The summed E-state index contributed by atoms with van der Waals surface area (Å²) in [5.74, 6) is 0.797. The number of piperidine rings is 1. The molecule has 1 aliphatic rings. The van der Waals surface area contributed by atoms with Gasteiger partial charge in [0.05, 0.1) is 0 Å². The first-order chi connectivity index (χ1) is 5.01. The number of rotatable bonds is 1. The minimum atomic E-state index is 0.533. The quantitative estimate of drug-likeness (QED) is 0.613. The molecule has 1 rings (SSSR count). The van der Waals surface area contributed by atoms with Crippen LogP contribution in [0.1, 0.15) is 40.5 Å². The molecule has 0 aromatic carbocycles. The molecule has 1 saturated heterocycles. The van der Waals surface area contributed by atoms with Gasteiger partial charge in [-0.25, -0.2) is 0 Å². The van der Waals surface area contributed by atoms with Gasteiger partial charge in [0.25, 0.3) is 0 Å². The molecule has 0 radical (unpaired) electrons. The highest BCUT2D eigenvalue weighted by Gasteiger charge is 2.27. The van der Waals surface area contributed by atoms with Crippen molar-refractivity contribution < 1.29 is 0 Å². The highest BCUT2D eigenvalue weighted by atomic mass is 14.9. The molecule has 1 heteroatoms. The Morgan fingerprint density at radius 1 is 1.36 bits per heavy atom. The highest BCUT2D eigenvalue weighted by Crippen LogP contribution is 2.28. The van der Waals surface area contributed by atoms with Gasteiger partial charge in [0.15, 0.2) is 0 Å². The van der Waals surface area contributed by atoms with Crippen LogP contribution in [0.3, 0.4) is 0 Å². The zero-order valence-electron chi connectivity index (χ0n) is 8.28. The van der Waals surface area contributed by atoms with E-state index < -0.39 is 0 Å². The van der Waals surface area contributed by atoms with E-state index in [0.717, 1.165) is 12.0 Å². The Morgan fingerprint density at radius 2 is 2.00 bits per heavy atom. The second-order valence-corrected chi connectivity index (χ2v) is 4.93. The van der Waals surface area contributed by atoms with Crippen molar-refractivity contribution in [2.75, 3.05) is 6.54 Å². The Balaban J connectivity index is 2.36. The van der Waals surface area contributed by atoms with Crippen molar-refractivity contribution in [1.29, 1.82) is 0 Å². The Kier molecular flexibility index (Phi) is 2.58. The summed E-state index contributed by atoms with van der Waals surface area (Å²) in [6.07, 6.45) is 2.73. The van der Waals surface area contributed by atoms with Crippen molar-refractivity contribution in [3.63, 3.8) is 0 Å². The van der Waals surface area contributed by atoms with E-state index >= 15 is 0 Å². The minimum absolute atomic E-state index is 0.533. The summed E-state index contributed by atoms with van der Waals surface area (Å²) in [7, 11) is 0. The standard InChI is InChI=1S/C10H21N/c1-8(2)9-5-6-10(3,4)7-11-9/h8-9,11H,5-7H2,1-4H3. The van der Waals surface area contributed by atoms with Crippen LogP contribution in [0.15, 0.2) is 0 Å². The Labute approximate surface area is 70.6 Å². The molecule has 0 bridgehead atoms. The average molecular weight is 155 g/mol. The van der Waals surface area contributed by atoms with E-state index in [2.05, 4.69) is 33.0 Å². The Bertz CT molecular complexity index is 117. The van der Waals surface area contributed by atoms with Crippen LogP contribution in [0.25, 0.3) is 0 Å². The molecular weight excluding hydrogens is 134 g/mol. The summed E-state index contributed by atoms with van der Waals surface area (Å²) in [5, 5.41) is 3.61. The van der Waals surface area contributed by atoms with Gasteiger partial charge in [0, 0.05) is 12.6 Å². The molecule has 0 amide bonds. The molecule has 0 saturated carbocycles. The summed E-state index contributed by atoms with van der Waals surface area (Å²) < 4.78 is 0. The van der Waals surface area contributed by atoms with E-state index in [4.69, 9.17) is 0 Å². The van der Waals surface area contributed by atoms with Crippen LogP contribution in [0, 0.1) is 11.3 Å². The third-order valence-electron chi connectivity index (χ3n) is 2.78. The topological polar surface area (TPSA) is 12.0 Å². The van der Waals surface area contributed by atoms with Gasteiger partial charge >= 0.3 is 0 Å². The Morgan fingerprint density at radius 3 is 2.36 bits per heavy atom. The SMILES string of the molecule is CC(C)C1CCC(C)(C)CN1. The van der Waals surface area contributed by atoms with Gasteiger partial charge in [0.1, 0.15) is 0 Å². The van der Waals surface area contributed by atoms with Crippen LogP contribution >= 0.6 is 0 Å². The van der Waals surface area contributed by atoms with Crippen LogP contribution in [0.2, 0.25) is 0 Å². The van der Waals surface area contributed by atoms with Crippen molar-refractivity contribution in [2.45, 2.75) is 46.6 Å². The smallest absolute Gasteiger partial charge is 0.00904 e. The lowest BCUT2D eigenvalue weighted by molar-refractivity contribution is 0.196. The van der Waals surface area contributed by atoms with Crippen LogP contribution in [-0.4, -0.2) is 12.6 Å². The molecule has 0 aromatic rings. The normalized spacial score (nSPS) is 30.8. The maximum absolute atomic E-state index is 3.61. The highest BCUT2D eigenvalue weighted by molar-refractivity contribution is 4.84. The molecule has 1 N–H and O–H groups in total. The molecule has 0 spiro atoms. The fraction of sp³-hybridized carbons (Fsp3) is 1.00. The van der Waals surface area contributed by atoms with Crippen molar-refractivity contribution >= 4 is 0 Å². The second-order valence-electron chi connectivity index (χ2n) is 4.93. The summed E-state index contributed by atoms with van der Waals surface area (Å²) in [6.45, 7) is 10.5. The number of hydrogen-bond acceptors (Lipinski definition) is 1. The molecule has 0 aliphatic carbocycles. The lowest BCUT2D eigenvalue weighted by atomic mass is 9.80. The molecule has 1 unspecified atom stereocenters. The van der Waals surface area contributed by atoms with E-state index in [1.807, 2.05) is 0 Å².